The van der Waals surface area contributed by atoms with E-state index in [1.165, 1.54) is 58.9 Å². The van der Waals surface area contributed by atoms with Crippen molar-refractivity contribution >= 4 is 85.8 Å². The van der Waals surface area contributed by atoms with E-state index in [4.69, 9.17) is 9.97 Å². The average molecular weight is 654 g/mol. The summed E-state index contributed by atoms with van der Waals surface area (Å²) in [4.78, 5) is 10.9. The summed E-state index contributed by atoms with van der Waals surface area (Å²) < 4.78 is 4.58. The molecule has 11 rings (SSSR count). The summed E-state index contributed by atoms with van der Waals surface area (Å²) in [5, 5.41) is 10.9. The summed E-state index contributed by atoms with van der Waals surface area (Å²) in [6.07, 6.45) is 0. The number of thiophene rings is 1. The van der Waals surface area contributed by atoms with Gasteiger partial charge < -0.3 is 0 Å². The lowest BCUT2D eigenvalue weighted by Gasteiger charge is -2.11. The van der Waals surface area contributed by atoms with Crippen LogP contribution in [0.25, 0.3) is 103 Å². The van der Waals surface area contributed by atoms with Crippen LogP contribution < -0.4 is 0 Å². The fourth-order valence-corrected chi connectivity index (χ4v) is 8.89. The minimum absolute atomic E-state index is 0.678. The molecule has 11 aromatic rings. The molecule has 3 aromatic heterocycles. The van der Waals surface area contributed by atoms with Crippen molar-refractivity contribution < 1.29 is 0 Å². The zero-order chi connectivity index (χ0) is 32.8. The Morgan fingerprint density at radius 1 is 0.420 bits per heavy atom. The third-order valence-corrected chi connectivity index (χ3v) is 11.3. The molecule has 0 aliphatic rings. The molecule has 0 atom stereocenters. The van der Waals surface area contributed by atoms with Gasteiger partial charge in [-0.3, -0.25) is 4.57 Å². The lowest BCUT2D eigenvalue weighted by Crippen LogP contribution is -2.02. The van der Waals surface area contributed by atoms with E-state index in [9.17, 15) is 0 Å². The normalized spacial score (nSPS) is 12.0. The highest BCUT2D eigenvalue weighted by molar-refractivity contribution is 7.26. The molecule has 0 aliphatic heterocycles. The van der Waals surface area contributed by atoms with Crippen molar-refractivity contribution in [2.75, 3.05) is 0 Å². The van der Waals surface area contributed by atoms with Gasteiger partial charge in [0, 0.05) is 26.4 Å². The van der Waals surface area contributed by atoms with Crippen LogP contribution in [-0.2, 0) is 0 Å². The summed E-state index contributed by atoms with van der Waals surface area (Å²) in [6, 6.07) is 59.0. The number of hydrogen-bond donors (Lipinski definition) is 0. The molecular weight excluding hydrogens is 627 g/mol. The molecule has 4 heteroatoms. The van der Waals surface area contributed by atoms with Crippen molar-refractivity contribution in [2.24, 2.45) is 0 Å². The summed E-state index contributed by atoms with van der Waals surface area (Å²) >= 11 is 1.77. The molecule has 0 spiro atoms. The van der Waals surface area contributed by atoms with Crippen LogP contribution in [0.2, 0.25) is 0 Å². The molecule has 0 saturated carbocycles. The van der Waals surface area contributed by atoms with E-state index in [1.54, 1.807) is 11.3 Å². The molecule has 8 aromatic carbocycles. The summed E-state index contributed by atoms with van der Waals surface area (Å²) in [5.74, 6) is 0.678. The molecule has 0 unspecified atom stereocenters. The van der Waals surface area contributed by atoms with Crippen LogP contribution in [0.15, 0.2) is 164 Å². The standard InChI is InChI=1S/C46H27N3S/c1-2-12-30(13-3-1)43-45-44(38-26-35(21-23-41(38)50-45)34-19-18-28-10-4-5-14-31(28)24-34)48-46(47-43)49-39-22-20-29-11-8-9-17-36(29)42(39)37-25-32-15-6-7-16-33(32)27-40(37)49/h1-27H. The van der Waals surface area contributed by atoms with Gasteiger partial charge in [0.2, 0.25) is 5.95 Å². The Morgan fingerprint density at radius 2 is 1.08 bits per heavy atom. The van der Waals surface area contributed by atoms with E-state index >= 15 is 0 Å². The van der Waals surface area contributed by atoms with Gasteiger partial charge in [0.05, 0.1) is 26.9 Å². The maximum absolute atomic E-state index is 5.50. The fraction of sp³-hybridized carbons (Fsp3) is 0. The minimum atomic E-state index is 0.678. The first-order valence-corrected chi connectivity index (χ1v) is 17.7. The minimum Gasteiger partial charge on any atom is -0.278 e. The number of rotatable bonds is 3. The largest absolute Gasteiger partial charge is 0.278 e. The molecule has 0 fully saturated rings. The van der Waals surface area contributed by atoms with Gasteiger partial charge in [0.15, 0.2) is 0 Å². The lowest BCUT2D eigenvalue weighted by molar-refractivity contribution is 1.02. The van der Waals surface area contributed by atoms with Gasteiger partial charge in [0.25, 0.3) is 0 Å². The predicted octanol–water partition coefficient (Wildman–Crippen LogP) is 12.7. The molecule has 0 aliphatic carbocycles. The van der Waals surface area contributed by atoms with Crippen LogP contribution in [0.4, 0.5) is 0 Å². The third-order valence-electron chi connectivity index (χ3n) is 10.2. The van der Waals surface area contributed by atoms with Gasteiger partial charge in [-0.2, -0.15) is 0 Å². The van der Waals surface area contributed by atoms with Crippen LogP contribution in [0.3, 0.4) is 0 Å². The zero-order valence-electron chi connectivity index (χ0n) is 26.8. The smallest absolute Gasteiger partial charge is 0.235 e. The van der Waals surface area contributed by atoms with Crippen LogP contribution in [0.5, 0.6) is 0 Å². The molecule has 0 saturated heterocycles. The van der Waals surface area contributed by atoms with Gasteiger partial charge in [-0.1, -0.05) is 127 Å². The van der Waals surface area contributed by atoms with E-state index in [0.717, 1.165) is 37.9 Å². The highest BCUT2D eigenvalue weighted by Gasteiger charge is 2.21. The zero-order valence-corrected chi connectivity index (χ0v) is 27.7. The fourth-order valence-electron chi connectivity index (χ4n) is 7.76. The molecule has 0 bridgehead atoms. The Morgan fingerprint density at radius 3 is 1.92 bits per heavy atom. The second-order valence-electron chi connectivity index (χ2n) is 13.0. The summed E-state index contributed by atoms with van der Waals surface area (Å²) in [5.41, 5.74) is 7.60. The van der Waals surface area contributed by atoms with Gasteiger partial charge >= 0.3 is 0 Å². The van der Waals surface area contributed by atoms with Gasteiger partial charge in [-0.05, 0) is 79.8 Å². The number of aromatic nitrogens is 3. The van der Waals surface area contributed by atoms with E-state index in [-0.39, 0.29) is 0 Å². The Kier molecular flexibility index (Phi) is 5.83. The van der Waals surface area contributed by atoms with Gasteiger partial charge in [-0.25, -0.2) is 9.97 Å². The lowest BCUT2D eigenvalue weighted by atomic mass is 10.00. The Balaban J connectivity index is 1.25. The number of hydrogen-bond acceptors (Lipinski definition) is 3. The van der Waals surface area contributed by atoms with Crippen molar-refractivity contribution in [3.63, 3.8) is 0 Å². The first-order valence-electron chi connectivity index (χ1n) is 16.9. The van der Waals surface area contributed by atoms with Crippen molar-refractivity contribution in [3.8, 4) is 28.3 Å². The second-order valence-corrected chi connectivity index (χ2v) is 14.1. The number of fused-ring (bicyclic) bond motifs is 10. The molecule has 50 heavy (non-hydrogen) atoms. The predicted molar refractivity (Wildman–Crippen MR) is 213 cm³/mol. The van der Waals surface area contributed by atoms with Crippen LogP contribution in [0.1, 0.15) is 0 Å². The van der Waals surface area contributed by atoms with Crippen LogP contribution in [-0.4, -0.2) is 14.5 Å². The van der Waals surface area contributed by atoms with Gasteiger partial charge in [-0.15, -0.1) is 11.3 Å². The molecule has 3 nitrogen and oxygen atoms in total. The third kappa shape index (κ3) is 4.09. The van der Waals surface area contributed by atoms with E-state index in [0.29, 0.717) is 5.95 Å². The van der Waals surface area contributed by atoms with Crippen LogP contribution >= 0.6 is 11.3 Å². The topological polar surface area (TPSA) is 30.7 Å². The van der Waals surface area contributed by atoms with Crippen molar-refractivity contribution in [2.45, 2.75) is 0 Å². The highest BCUT2D eigenvalue weighted by Crippen LogP contribution is 2.43. The van der Waals surface area contributed by atoms with Crippen LogP contribution in [0, 0.1) is 0 Å². The van der Waals surface area contributed by atoms with Crippen molar-refractivity contribution in [1.29, 1.82) is 0 Å². The Labute approximate surface area is 291 Å². The van der Waals surface area contributed by atoms with Crippen molar-refractivity contribution in [3.05, 3.63) is 164 Å². The quantitative estimate of drug-likeness (QED) is 0.190. The molecule has 0 amide bonds. The second kappa shape index (κ2) is 10.6. The number of benzene rings is 8. The SMILES string of the molecule is c1ccc(-c2nc(-n3c4cc5ccccc5cc4c4c5ccccc5ccc43)nc3c2sc2ccc(-c4ccc5ccccc5c4)cc23)cc1. The van der Waals surface area contributed by atoms with Crippen molar-refractivity contribution in [1.82, 2.24) is 14.5 Å². The highest BCUT2D eigenvalue weighted by atomic mass is 32.1. The summed E-state index contributed by atoms with van der Waals surface area (Å²) in [6.45, 7) is 0. The molecule has 0 N–H and O–H groups in total. The Bertz CT molecular complexity index is 3150. The molecule has 3 heterocycles. The molecule has 232 valence electrons. The first-order chi connectivity index (χ1) is 24.8. The number of nitrogens with zero attached hydrogens (tertiary/aromatic N) is 3. The van der Waals surface area contributed by atoms with E-state index < -0.39 is 0 Å². The van der Waals surface area contributed by atoms with E-state index in [1.807, 2.05) is 0 Å². The first kappa shape index (κ1) is 27.6. The molecule has 0 radical (unpaired) electrons. The average Bonchev–Trinajstić information content (AvgIpc) is 3.71. The maximum Gasteiger partial charge on any atom is 0.235 e. The maximum atomic E-state index is 5.50. The van der Waals surface area contributed by atoms with Gasteiger partial charge in [0.1, 0.15) is 0 Å². The monoisotopic (exact) mass is 653 g/mol. The molecular formula is C46H27N3S. The summed E-state index contributed by atoms with van der Waals surface area (Å²) in [7, 11) is 0. The van der Waals surface area contributed by atoms with E-state index in [2.05, 4.69) is 168 Å². The Hall–Kier alpha value is -6.36.